The standard InChI is InChI=1S/C17H10Cl4N4O3/c1-8-2-5-12-10(6-8)14(24-16(22-12)17(19,20)21)23-15(26)9-3-4-11(18)13(7-9)25(27)28/h2-7H,1H3,(H,22,23,24,26). The van der Waals surface area contributed by atoms with Crippen LogP contribution in [-0.4, -0.2) is 20.8 Å². The number of nitrogens with zero attached hydrogens (tertiary/aromatic N) is 3. The van der Waals surface area contributed by atoms with Crippen LogP contribution in [0, 0.1) is 17.0 Å². The van der Waals surface area contributed by atoms with Gasteiger partial charge in [-0.05, 0) is 31.2 Å². The van der Waals surface area contributed by atoms with Crippen LogP contribution in [0.2, 0.25) is 5.02 Å². The molecule has 0 aliphatic rings. The first-order valence-electron chi connectivity index (χ1n) is 7.67. The molecule has 0 spiro atoms. The van der Waals surface area contributed by atoms with E-state index in [1.54, 1.807) is 12.1 Å². The molecule has 0 atom stereocenters. The van der Waals surface area contributed by atoms with Crippen molar-refractivity contribution in [3.63, 3.8) is 0 Å². The maximum atomic E-state index is 12.7. The van der Waals surface area contributed by atoms with Crippen molar-refractivity contribution in [3.8, 4) is 0 Å². The van der Waals surface area contributed by atoms with Crippen LogP contribution in [0.3, 0.4) is 0 Å². The second-order valence-electron chi connectivity index (χ2n) is 5.79. The van der Waals surface area contributed by atoms with E-state index in [0.29, 0.717) is 10.9 Å². The summed E-state index contributed by atoms with van der Waals surface area (Å²) in [5.74, 6) is -0.652. The lowest BCUT2D eigenvalue weighted by atomic mass is 10.1. The summed E-state index contributed by atoms with van der Waals surface area (Å²) >= 11 is 23.5. The van der Waals surface area contributed by atoms with Crippen molar-refractivity contribution in [1.29, 1.82) is 0 Å². The number of hydrogen-bond donors (Lipinski definition) is 1. The fourth-order valence-corrected chi connectivity index (χ4v) is 2.88. The van der Waals surface area contributed by atoms with Crippen molar-refractivity contribution < 1.29 is 9.72 Å². The lowest BCUT2D eigenvalue weighted by molar-refractivity contribution is -0.384. The zero-order valence-corrected chi connectivity index (χ0v) is 17.1. The number of carbonyl (C=O) groups excluding carboxylic acids is 1. The van der Waals surface area contributed by atoms with Crippen LogP contribution in [0.15, 0.2) is 36.4 Å². The van der Waals surface area contributed by atoms with Crippen molar-refractivity contribution in [1.82, 2.24) is 9.97 Å². The molecule has 0 unspecified atom stereocenters. The highest BCUT2D eigenvalue weighted by atomic mass is 35.6. The number of nitro groups is 1. The Hall–Kier alpha value is -2.19. The third-order valence-electron chi connectivity index (χ3n) is 3.74. The Morgan fingerprint density at radius 3 is 2.50 bits per heavy atom. The van der Waals surface area contributed by atoms with Gasteiger partial charge in [0.2, 0.25) is 3.79 Å². The first-order valence-corrected chi connectivity index (χ1v) is 9.18. The maximum absolute atomic E-state index is 12.7. The quantitative estimate of drug-likeness (QED) is 0.313. The number of aryl methyl sites for hydroxylation is 1. The van der Waals surface area contributed by atoms with Crippen LogP contribution in [0.1, 0.15) is 21.7 Å². The van der Waals surface area contributed by atoms with Gasteiger partial charge in [0.1, 0.15) is 10.8 Å². The van der Waals surface area contributed by atoms with Gasteiger partial charge in [-0.15, -0.1) is 0 Å². The first-order chi connectivity index (χ1) is 13.1. The van der Waals surface area contributed by atoms with Crippen LogP contribution in [0.25, 0.3) is 10.9 Å². The molecule has 0 bridgehead atoms. The Morgan fingerprint density at radius 1 is 1.14 bits per heavy atom. The van der Waals surface area contributed by atoms with Gasteiger partial charge >= 0.3 is 0 Å². The molecule has 0 saturated carbocycles. The lowest BCUT2D eigenvalue weighted by Gasteiger charge is -2.14. The van der Waals surface area contributed by atoms with Gasteiger partial charge in [-0.3, -0.25) is 14.9 Å². The molecule has 3 rings (SSSR count). The summed E-state index contributed by atoms with van der Waals surface area (Å²) in [5, 5.41) is 14.1. The van der Waals surface area contributed by atoms with Crippen molar-refractivity contribution >= 4 is 74.7 Å². The third-order valence-corrected chi connectivity index (χ3v) is 4.57. The number of anilines is 1. The topological polar surface area (TPSA) is 98.0 Å². The van der Waals surface area contributed by atoms with Crippen LogP contribution in [0.4, 0.5) is 11.5 Å². The van der Waals surface area contributed by atoms with Crippen LogP contribution < -0.4 is 5.32 Å². The molecule has 7 nitrogen and oxygen atoms in total. The number of rotatable bonds is 3. The summed E-state index contributed by atoms with van der Waals surface area (Å²) < 4.78 is -1.91. The Morgan fingerprint density at radius 2 is 1.86 bits per heavy atom. The minimum atomic E-state index is -1.91. The average molecular weight is 460 g/mol. The highest BCUT2D eigenvalue weighted by Gasteiger charge is 2.28. The van der Waals surface area contributed by atoms with Crippen LogP contribution >= 0.6 is 46.4 Å². The molecular weight excluding hydrogens is 450 g/mol. The molecular formula is C17H10Cl4N4O3. The van der Waals surface area contributed by atoms with Gasteiger partial charge in [-0.1, -0.05) is 58.0 Å². The summed E-state index contributed by atoms with van der Waals surface area (Å²) in [4.78, 5) is 31.4. The van der Waals surface area contributed by atoms with Crippen LogP contribution in [-0.2, 0) is 3.79 Å². The predicted molar refractivity (Wildman–Crippen MR) is 110 cm³/mol. The number of alkyl halides is 3. The van der Waals surface area contributed by atoms with E-state index in [4.69, 9.17) is 46.4 Å². The smallest absolute Gasteiger partial charge is 0.288 e. The number of halogens is 4. The fraction of sp³-hybridized carbons (Fsp3) is 0.118. The Kier molecular flexibility index (Phi) is 5.63. The molecule has 0 fully saturated rings. The summed E-state index contributed by atoms with van der Waals surface area (Å²) in [7, 11) is 0. The molecule has 0 radical (unpaired) electrons. The van der Waals surface area contributed by atoms with E-state index >= 15 is 0 Å². The zero-order valence-electron chi connectivity index (χ0n) is 14.0. The average Bonchev–Trinajstić information content (AvgIpc) is 2.61. The van der Waals surface area contributed by atoms with Gasteiger partial charge in [-0.2, -0.15) is 0 Å². The molecule has 0 aliphatic carbocycles. The molecule has 3 aromatic rings. The number of amides is 1. The van der Waals surface area contributed by atoms with Gasteiger partial charge in [0.05, 0.1) is 10.4 Å². The summed E-state index contributed by atoms with van der Waals surface area (Å²) in [6, 6.07) is 8.97. The van der Waals surface area contributed by atoms with E-state index in [1.165, 1.54) is 12.1 Å². The van der Waals surface area contributed by atoms with Gasteiger partial charge in [0.15, 0.2) is 5.82 Å². The molecule has 28 heavy (non-hydrogen) atoms. The van der Waals surface area contributed by atoms with E-state index < -0.39 is 14.6 Å². The SMILES string of the molecule is Cc1ccc2nc(C(Cl)(Cl)Cl)nc(NC(=O)c3ccc(Cl)c([N+](=O)[O-])c3)c2c1. The van der Waals surface area contributed by atoms with E-state index in [-0.39, 0.29) is 27.9 Å². The highest BCUT2D eigenvalue weighted by molar-refractivity contribution is 6.66. The van der Waals surface area contributed by atoms with Gasteiger partial charge in [-0.25, -0.2) is 9.97 Å². The van der Waals surface area contributed by atoms with Gasteiger partial charge in [0.25, 0.3) is 11.6 Å². The Bertz CT molecular complexity index is 1120. The van der Waals surface area contributed by atoms with Crippen molar-refractivity contribution in [2.45, 2.75) is 10.7 Å². The van der Waals surface area contributed by atoms with Crippen molar-refractivity contribution in [3.05, 3.63) is 68.5 Å². The summed E-state index contributed by atoms with van der Waals surface area (Å²) in [6.07, 6.45) is 0. The molecule has 0 saturated heterocycles. The monoisotopic (exact) mass is 458 g/mol. The number of aromatic nitrogens is 2. The van der Waals surface area contributed by atoms with E-state index in [9.17, 15) is 14.9 Å². The van der Waals surface area contributed by atoms with E-state index in [2.05, 4.69) is 15.3 Å². The highest BCUT2D eigenvalue weighted by Crippen LogP contribution is 2.38. The zero-order chi connectivity index (χ0) is 20.6. The Labute approximate surface area is 178 Å². The van der Waals surface area contributed by atoms with E-state index in [0.717, 1.165) is 11.6 Å². The first kappa shape index (κ1) is 20.5. The second kappa shape index (κ2) is 7.67. The number of nitrogens with one attached hydrogen (secondary N) is 1. The number of nitro benzene ring substituents is 1. The molecule has 144 valence electrons. The Balaban J connectivity index is 2.08. The molecule has 1 N–H and O–H groups in total. The van der Waals surface area contributed by atoms with Crippen molar-refractivity contribution in [2.24, 2.45) is 0 Å². The largest absolute Gasteiger partial charge is 0.306 e. The minimum absolute atomic E-state index is 0.0194. The fourth-order valence-electron chi connectivity index (χ4n) is 2.44. The molecule has 11 heteroatoms. The molecule has 0 aliphatic heterocycles. The normalized spacial score (nSPS) is 11.5. The second-order valence-corrected chi connectivity index (χ2v) is 8.48. The van der Waals surface area contributed by atoms with Crippen LogP contribution in [0.5, 0.6) is 0 Å². The molecule has 2 aromatic carbocycles. The molecule has 1 aromatic heterocycles. The lowest BCUT2D eigenvalue weighted by Crippen LogP contribution is -2.16. The van der Waals surface area contributed by atoms with E-state index in [1.807, 2.05) is 13.0 Å². The predicted octanol–water partition coefficient (Wildman–Crippen LogP) is 5.58. The minimum Gasteiger partial charge on any atom is -0.306 e. The molecule has 1 amide bonds. The van der Waals surface area contributed by atoms with Gasteiger partial charge in [0, 0.05) is 17.0 Å². The van der Waals surface area contributed by atoms with Gasteiger partial charge < -0.3 is 5.32 Å². The third kappa shape index (κ3) is 4.28. The number of benzene rings is 2. The summed E-state index contributed by atoms with van der Waals surface area (Å²) in [5.41, 5.74) is 0.986. The number of carbonyl (C=O) groups is 1. The number of fused-ring (bicyclic) bond motifs is 1. The van der Waals surface area contributed by atoms with Crippen molar-refractivity contribution in [2.75, 3.05) is 5.32 Å². The summed E-state index contributed by atoms with van der Waals surface area (Å²) in [6.45, 7) is 1.86. The maximum Gasteiger partial charge on any atom is 0.288 e. The molecule has 1 heterocycles. The number of hydrogen-bond acceptors (Lipinski definition) is 5.